The van der Waals surface area contributed by atoms with Crippen LogP contribution < -0.4 is 0 Å². The summed E-state index contributed by atoms with van der Waals surface area (Å²) in [6.45, 7) is 3.54. The topological polar surface area (TPSA) is 94.8 Å². The molecule has 0 radical (unpaired) electrons. The van der Waals surface area contributed by atoms with E-state index in [0.29, 0.717) is 25.7 Å². The Morgan fingerprint density at radius 1 is 1.12 bits per heavy atom. The first-order valence-electron chi connectivity index (χ1n) is 12.1. The van der Waals surface area contributed by atoms with Gasteiger partial charge in [-0.2, -0.15) is 0 Å². The van der Waals surface area contributed by atoms with Crippen LogP contribution in [0.25, 0.3) is 10.8 Å². The van der Waals surface area contributed by atoms with Gasteiger partial charge in [-0.25, -0.2) is 0 Å². The smallest absolute Gasteiger partial charge is 0.303 e. The summed E-state index contributed by atoms with van der Waals surface area (Å²) in [6, 6.07) is 14.4. The highest BCUT2D eigenvalue weighted by Crippen LogP contribution is 2.44. The summed E-state index contributed by atoms with van der Waals surface area (Å²) < 4.78 is 0. The number of hydrogen-bond donors (Lipinski definition) is 3. The fourth-order valence-corrected chi connectivity index (χ4v) is 4.90. The van der Waals surface area contributed by atoms with Crippen LogP contribution in [-0.4, -0.2) is 39.3 Å². The van der Waals surface area contributed by atoms with Crippen molar-refractivity contribution in [3.63, 3.8) is 0 Å². The number of aliphatic hydroxyl groups is 2. The molecular weight excluding hydrogens is 428 g/mol. The third-order valence-corrected chi connectivity index (χ3v) is 7.00. The Kier molecular flexibility index (Phi) is 8.81. The van der Waals surface area contributed by atoms with Crippen molar-refractivity contribution in [3.05, 3.63) is 72.3 Å². The van der Waals surface area contributed by atoms with E-state index in [0.717, 1.165) is 6.42 Å². The predicted molar refractivity (Wildman–Crippen MR) is 134 cm³/mol. The van der Waals surface area contributed by atoms with E-state index in [4.69, 9.17) is 5.11 Å². The molecule has 0 unspecified atom stereocenters. The number of aryl methyl sites for hydroxylation is 1. The highest BCUT2D eigenvalue weighted by molar-refractivity contribution is 5.90. The van der Waals surface area contributed by atoms with Gasteiger partial charge in [-0.3, -0.25) is 9.59 Å². The highest BCUT2D eigenvalue weighted by Gasteiger charge is 2.52. The fourth-order valence-electron chi connectivity index (χ4n) is 4.90. The van der Waals surface area contributed by atoms with Gasteiger partial charge in [-0.1, -0.05) is 80.6 Å². The van der Waals surface area contributed by atoms with E-state index >= 15 is 0 Å². The normalized spacial score (nSPS) is 23.3. The van der Waals surface area contributed by atoms with E-state index in [-0.39, 0.29) is 24.0 Å². The van der Waals surface area contributed by atoms with Crippen molar-refractivity contribution in [3.8, 4) is 0 Å². The van der Waals surface area contributed by atoms with Gasteiger partial charge in [-0.05, 0) is 48.4 Å². The second-order valence-corrected chi connectivity index (χ2v) is 9.84. The van der Waals surface area contributed by atoms with E-state index in [9.17, 15) is 19.8 Å². The third-order valence-electron chi connectivity index (χ3n) is 7.00. The number of Topliss-reactive ketones (excluding diaryl/α,β-unsaturated/α-hetero) is 1. The van der Waals surface area contributed by atoms with Crippen LogP contribution in [0.2, 0.25) is 0 Å². The summed E-state index contributed by atoms with van der Waals surface area (Å²) in [4.78, 5) is 23.6. The number of carbonyl (C=O) groups is 2. The third kappa shape index (κ3) is 6.22. The molecule has 1 saturated carbocycles. The van der Waals surface area contributed by atoms with Gasteiger partial charge < -0.3 is 15.3 Å². The maximum absolute atomic E-state index is 13.0. The molecule has 5 nitrogen and oxygen atoms in total. The predicted octanol–water partition coefficient (Wildman–Crippen LogP) is 5.09. The molecule has 3 rings (SSSR count). The first-order chi connectivity index (χ1) is 16.2. The highest BCUT2D eigenvalue weighted by atomic mass is 16.4. The zero-order valence-corrected chi connectivity index (χ0v) is 20.1. The monoisotopic (exact) mass is 464 g/mol. The van der Waals surface area contributed by atoms with Crippen molar-refractivity contribution in [2.45, 2.75) is 64.6 Å². The SMILES string of the molecule is CC1(C)C(=O)[C@H](C/C=C\CCCC(=O)O)[C@@H](/C=C/[C@@H](O)CCc2cccc3ccccc23)[C@@H]1O. The molecule has 0 aliphatic heterocycles. The molecule has 0 amide bonds. The maximum atomic E-state index is 13.0. The van der Waals surface area contributed by atoms with Crippen LogP contribution in [-0.2, 0) is 16.0 Å². The zero-order valence-electron chi connectivity index (χ0n) is 20.1. The lowest BCUT2D eigenvalue weighted by Crippen LogP contribution is -2.31. The first kappa shape index (κ1) is 25.9. The van der Waals surface area contributed by atoms with Crippen molar-refractivity contribution < 1.29 is 24.9 Å². The Balaban J connectivity index is 1.62. The molecule has 3 N–H and O–H groups in total. The van der Waals surface area contributed by atoms with Crippen molar-refractivity contribution in [1.82, 2.24) is 0 Å². The molecule has 0 aromatic heterocycles. The molecule has 0 bridgehead atoms. The minimum atomic E-state index is -0.843. The number of carbonyl (C=O) groups excluding carboxylic acids is 1. The number of aliphatic carboxylic acids is 1. The number of hydrogen-bond acceptors (Lipinski definition) is 4. The van der Waals surface area contributed by atoms with Gasteiger partial charge in [0.15, 0.2) is 0 Å². The molecule has 1 aliphatic carbocycles. The number of unbranched alkanes of at least 4 members (excludes halogenated alkanes) is 1. The van der Waals surface area contributed by atoms with Gasteiger partial charge in [0.2, 0.25) is 0 Å². The van der Waals surface area contributed by atoms with Crippen molar-refractivity contribution >= 4 is 22.5 Å². The molecule has 34 heavy (non-hydrogen) atoms. The molecule has 0 heterocycles. The largest absolute Gasteiger partial charge is 0.481 e. The lowest BCUT2D eigenvalue weighted by molar-refractivity contribution is -0.137. The first-order valence-corrected chi connectivity index (χ1v) is 12.1. The molecule has 182 valence electrons. The number of aliphatic hydroxyl groups excluding tert-OH is 2. The number of carboxylic acids is 1. The lowest BCUT2D eigenvalue weighted by atomic mass is 9.86. The molecule has 1 fully saturated rings. The van der Waals surface area contributed by atoms with Crippen molar-refractivity contribution in [2.75, 3.05) is 0 Å². The van der Waals surface area contributed by atoms with E-state index < -0.39 is 23.6 Å². The van der Waals surface area contributed by atoms with Crippen LogP contribution in [0, 0.1) is 17.3 Å². The standard InChI is InChI=1S/C29H36O5/c1-29(2)27(33)24(14-5-3-4-6-15-26(31)32)25(28(29)34)19-18-22(30)17-16-21-12-9-11-20-10-7-8-13-23(20)21/h3,5,7-13,18-19,22,24-25,28,30,34H,4,6,14-17H2,1-2H3,(H,31,32)/b5-3-,19-18+/t22-,24+,25+,28-/m0/s1. The lowest BCUT2D eigenvalue weighted by Gasteiger charge is -2.22. The number of carboxylic acid groups (broad SMARTS) is 1. The summed E-state index contributed by atoms with van der Waals surface area (Å²) in [5.41, 5.74) is 0.346. The maximum Gasteiger partial charge on any atom is 0.303 e. The van der Waals surface area contributed by atoms with E-state index in [1.807, 2.05) is 36.4 Å². The van der Waals surface area contributed by atoms with Crippen LogP contribution in [0.1, 0.15) is 51.5 Å². The van der Waals surface area contributed by atoms with E-state index in [2.05, 4.69) is 24.3 Å². The van der Waals surface area contributed by atoms with Gasteiger partial charge in [0.1, 0.15) is 5.78 Å². The number of ketones is 1. The quantitative estimate of drug-likeness (QED) is 0.318. The molecule has 1 aliphatic rings. The zero-order chi connectivity index (χ0) is 24.7. The Morgan fingerprint density at radius 2 is 1.85 bits per heavy atom. The van der Waals surface area contributed by atoms with Crippen LogP contribution in [0.3, 0.4) is 0 Å². The summed E-state index contributed by atoms with van der Waals surface area (Å²) in [5.74, 6) is -1.51. The van der Waals surface area contributed by atoms with Gasteiger partial charge in [-0.15, -0.1) is 0 Å². The molecule has 4 atom stereocenters. The van der Waals surface area contributed by atoms with Gasteiger partial charge in [0.05, 0.1) is 17.6 Å². The number of benzene rings is 2. The summed E-state index contributed by atoms with van der Waals surface area (Å²) in [7, 11) is 0. The summed E-state index contributed by atoms with van der Waals surface area (Å²) in [6.07, 6.45) is 8.98. The number of rotatable bonds is 11. The minimum Gasteiger partial charge on any atom is -0.481 e. The average molecular weight is 465 g/mol. The summed E-state index contributed by atoms with van der Waals surface area (Å²) >= 11 is 0. The minimum absolute atomic E-state index is 0.0232. The molecule has 0 spiro atoms. The Labute approximate surface area is 201 Å². The molecule has 0 saturated heterocycles. The van der Waals surface area contributed by atoms with Gasteiger partial charge >= 0.3 is 5.97 Å². The Bertz CT molecular complexity index is 1050. The number of allylic oxidation sites excluding steroid dienone is 2. The van der Waals surface area contributed by atoms with Crippen LogP contribution in [0.5, 0.6) is 0 Å². The van der Waals surface area contributed by atoms with Crippen LogP contribution in [0.4, 0.5) is 0 Å². The second kappa shape index (κ2) is 11.6. The van der Waals surface area contributed by atoms with Crippen molar-refractivity contribution in [2.24, 2.45) is 17.3 Å². The Morgan fingerprint density at radius 3 is 2.62 bits per heavy atom. The Hall–Kier alpha value is -2.76. The average Bonchev–Trinajstić information content (AvgIpc) is 2.97. The molecule has 5 heteroatoms. The molecular formula is C29H36O5. The molecule has 2 aromatic carbocycles. The summed E-state index contributed by atoms with van der Waals surface area (Å²) in [5, 5.41) is 32.6. The van der Waals surface area contributed by atoms with E-state index in [1.165, 1.54) is 16.3 Å². The van der Waals surface area contributed by atoms with Crippen LogP contribution >= 0.6 is 0 Å². The van der Waals surface area contributed by atoms with Crippen molar-refractivity contribution in [1.29, 1.82) is 0 Å². The second-order valence-electron chi connectivity index (χ2n) is 9.84. The fraction of sp³-hybridized carbons (Fsp3) is 0.448. The van der Waals surface area contributed by atoms with Crippen LogP contribution in [0.15, 0.2) is 66.8 Å². The van der Waals surface area contributed by atoms with E-state index in [1.54, 1.807) is 19.9 Å². The number of fused-ring (bicyclic) bond motifs is 1. The van der Waals surface area contributed by atoms with Gasteiger partial charge in [0, 0.05) is 18.3 Å². The van der Waals surface area contributed by atoms with Gasteiger partial charge in [0.25, 0.3) is 0 Å². The molecule has 2 aromatic rings.